The summed E-state index contributed by atoms with van der Waals surface area (Å²) >= 11 is 11.6. The smallest absolute Gasteiger partial charge is 0.265 e. The summed E-state index contributed by atoms with van der Waals surface area (Å²) in [5.41, 5.74) is 0.378. The van der Waals surface area contributed by atoms with Crippen LogP contribution in [0.25, 0.3) is 0 Å². The lowest BCUT2D eigenvalue weighted by atomic mass is 10.2. The Morgan fingerprint density at radius 1 is 1.30 bits per heavy atom. The Bertz CT molecular complexity index is 790. The molecule has 0 radical (unpaired) electrons. The Kier molecular flexibility index (Phi) is 5.43. The molecule has 0 aliphatic heterocycles. The van der Waals surface area contributed by atoms with Crippen molar-refractivity contribution in [3.8, 4) is 11.8 Å². The van der Waals surface area contributed by atoms with Crippen LogP contribution < -0.4 is 10.1 Å². The number of anilines is 1. The van der Waals surface area contributed by atoms with Crippen molar-refractivity contribution >= 4 is 34.8 Å². The topological polar surface area (TPSA) is 62.1 Å². The number of halogens is 3. The molecule has 0 aromatic heterocycles. The van der Waals surface area contributed by atoms with Gasteiger partial charge in [-0.05, 0) is 43.3 Å². The van der Waals surface area contributed by atoms with Gasteiger partial charge in [0.25, 0.3) is 5.91 Å². The first-order valence-electron chi connectivity index (χ1n) is 6.53. The van der Waals surface area contributed by atoms with Crippen molar-refractivity contribution in [1.82, 2.24) is 0 Å². The molecule has 0 spiro atoms. The molecule has 1 atom stereocenters. The molecule has 2 aromatic carbocycles. The highest BCUT2D eigenvalue weighted by atomic mass is 35.5. The largest absolute Gasteiger partial charge is 0.479 e. The molecule has 0 unspecified atom stereocenters. The van der Waals surface area contributed by atoms with Gasteiger partial charge in [-0.1, -0.05) is 23.2 Å². The second-order valence-electron chi connectivity index (χ2n) is 4.63. The number of carbonyl (C=O) groups excluding carboxylic acids is 1. The lowest BCUT2D eigenvalue weighted by molar-refractivity contribution is -0.122. The standard InChI is InChI=1S/C16H11Cl2FN2O2/c1-9(23-15-5-2-10(8-20)6-12(15)18)16(22)21-14-4-3-11(17)7-13(14)19/h2-7,9H,1H3,(H,21,22)/t9-/m0/s1. The summed E-state index contributed by atoms with van der Waals surface area (Å²) < 4.78 is 19.1. The first kappa shape index (κ1) is 17.1. The van der Waals surface area contributed by atoms with Crippen LogP contribution >= 0.6 is 23.2 Å². The number of benzene rings is 2. The summed E-state index contributed by atoms with van der Waals surface area (Å²) in [6, 6.07) is 10.3. The SMILES string of the molecule is C[C@H](Oc1ccc(C#N)cc1Cl)C(=O)Nc1ccc(Cl)cc1F. The van der Waals surface area contributed by atoms with Crippen LogP contribution in [0.1, 0.15) is 12.5 Å². The molecule has 1 amide bonds. The molecule has 118 valence electrons. The zero-order chi connectivity index (χ0) is 17.0. The van der Waals surface area contributed by atoms with Gasteiger partial charge in [-0.15, -0.1) is 0 Å². The van der Waals surface area contributed by atoms with Crippen molar-refractivity contribution < 1.29 is 13.9 Å². The quantitative estimate of drug-likeness (QED) is 0.886. The van der Waals surface area contributed by atoms with Crippen molar-refractivity contribution in [1.29, 1.82) is 5.26 Å². The Morgan fingerprint density at radius 2 is 2.04 bits per heavy atom. The Balaban J connectivity index is 2.07. The number of amides is 1. The highest BCUT2D eigenvalue weighted by Gasteiger charge is 2.18. The number of nitrogens with one attached hydrogen (secondary N) is 1. The maximum Gasteiger partial charge on any atom is 0.265 e. The van der Waals surface area contributed by atoms with Crippen LogP contribution in [0.2, 0.25) is 10.0 Å². The number of nitrogens with zero attached hydrogens (tertiary/aromatic N) is 1. The molecule has 0 fully saturated rings. The van der Waals surface area contributed by atoms with E-state index in [1.807, 2.05) is 6.07 Å². The van der Waals surface area contributed by atoms with E-state index < -0.39 is 17.8 Å². The van der Waals surface area contributed by atoms with Gasteiger partial charge < -0.3 is 10.1 Å². The van der Waals surface area contributed by atoms with E-state index in [1.54, 1.807) is 0 Å². The monoisotopic (exact) mass is 352 g/mol. The highest BCUT2D eigenvalue weighted by Crippen LogP contribution is 2.26. The highest BCUT2D eigenvalue weighted by molar-refractivity contribution is 6.32. The van der Waals surface area contributed by atoms with E-state index in [0.29, 0.717) is 5.56 Å². The lowest BCUT2D eigenvalue weighted by Crippen LogP contribution is -2.30. The molecular weight excluding hydrogens is 342 g/mol. The second-order valence-corrected chi connectivity index (χ2v) is 5.47. The maximum absolute atomic E-state index is 13.7. The van der Waals surface area contributed by atoms with E-state index in [9.17, 15) is 9.18 Å². The first-order valence-corrected chi connectivity index (χ1v) is 7.28. The van der Waals surface area contributed by atoms with Crippen molar-refractivity contribution in [3.05, 3.63) is 57.8 Å². The molecule has 2 aromatic rings. The third-order valence-electron chi connectivity index (χ3n) is 2.92. The van der Waals surface area contributed by atoms with Gasteiger partial charge >= 0.3 is 0 Å². The van der Waals surface area contributed by atoms with Gasteiger partial charge in [0.05, 0.1) is 22.3 Å². The predicted octanol–water partition coefficient (Wildman–Crippen LogP) is 4.41. The summed E-state index contributed by atoms with van der Waals surface area (Å²) in [4.78, 5) is 12.1. The van der Waals surface area contributed by atoms with Crippen molar-refractivity contribution in [2.75, 3.05) is 5.32 Å². The average Bonchev–Trinajstić information content (AvgIpc) is 2.51. The van der Waals surface area contributed by atoms with Crippen molar-refractivity contribution in [2.45, 2.75) is 13.0 Å². The number of carbonyl (C=O) groups is 1. The van der Waals surface area contributed by atoms with E-state index in [-0.39, 0.29) is 21.5 Å². The molecule has 7 heteroatoms. The fourth-order valence-corrected chi connectivity index (χ4v) is 2.12. The van der Waals surface area contributed by atoms with Crippen LogP contribution in [-0.2, 0) is 4.79 Å². The van der Waals surface area contributed by atoms with Gasteiger partial charge in [0, 0.05) is 5.02 Å². The molecule has 1 N–H and O–H groups in total. The zero-order valence-electron chi connectivity index (χ0n) is 11.9. The van der Waals surface area contributed by atoms with Crippen molar-refractivity contribution in [3.63, 3.8) is 0 Å². The number of nitriles is 1. The van der Waals surface area contributed by atoms with Crippen LogP contribution in [0.5, 0.6) is 5.75 Å². The predicted molar refractivity (Wildman–Crippen MR) is 86.3 cm³/mol. The van der Waals surface area contributed by atoms with E-state index in [0.717, 1.165) is 6.07 Å². The normalized spacial score (nSPS) is 11.4. The Hall–Kier alpha value is -2.29. The molecule has 0 bridgehead atoms. The minimum absolute atomic E-state index is 0.000718. The molecule has 0 aliphatic carbocycles. The summed E-state index contributed by atoms with van der Waals surface area (Å²) in [5.74, 6) is -0.939. The fourth-order valence-electron chi connectivity index (χ4n) is 1.74. The lowest BCUT2D eigenvalue weighted by Gasteiger charge is -2.16. The summed E-state index contributed by atoms with van der Waals surface area (Å²) in [7, 11) is 0. The summed E-state index contributed by atoms with van der Waals surface area (Å²) in [6.07, 6.45) is -0.921. The molecule has 0 aliphatic rings. The molecule has 2 rings (SSSR count). The molecule has 0 saturated carbocycles. The number of rotatable bonds is 4. The van der Waals surface area contributed by atoms with E-state index in [2.05, 4.69) is 5.32 Å². The number of ether oxygens (including phenoxy) is 1. The van der Waals surface area contributed by atoms with Crippen molar-refractivity contribution in [2.24, 2.45) is 0 Å². The third-order valence-corrected chi connectivity index (χ3v) is 3.45. The van der Waals surface area contributed by atoms with Gasteiger partial charge in [-0.25, -0.2) is 4.39 Å². The minimum Gasteiger partial charge on any atom is -0.479 e. The molecule has 0 heterocycles. The first-order chi connectivity index (χ1) is 10.9. The maximum atomic E-state index is 13.7. The third kappa shape index (κ3) is 4.35. The van der Waals surface area contributed by atoms with Crippen LogP contribution in [-0.4, -0.2) is 12.0 Å². The van der Waals surface area contributed by atoms with Crippen LogP contribution in [0.15, 0.2) is 36.4 Å². The van der Waals surface area contributed by atoms with Crippen LogP contribution in [0.4, 0.5) is 10.1 Å². The summed E-state index contributed by atoms with van der Waals surface area (Å²) in [5, 5.41) is 11.6. The van der Waals surface area contributed by atoms with Crippen LogP contribution in [0.3, 0.4) is 0 Å². The number of hydrogen-bond donors (Lipinski definition) is 1. The van der Waals surface area contributed by atoms with Gasteiger partial charge in [0.15, 0.2) is 6.10 Å². The number of hydrogen-bond acceptors (Lipinski definition) is 3. The van der Waals surface area contributed by atoms with Crippen LogP contribution in [0, 0.1) is 17.1 Å². The second kappa shape index (κ2) is 7.32. The average molecular weight is 353 g/mol. The Labute approximate surface area is 142 Å². The molecule has 23 heavy (non-hydrogen) atoms. The minimum atomic E-state index is -0.921. The zero-order valence-corrected chi connectivity index (χ0v) is 13.5. The van der Waals surface area contributed by atoms with E-state index >= 15 is 0 Å². The molecule has 0 saturated heterocycles. The van der Waals surface area contributed by atoms with E-state index in [4.69, 9.17) is 33.2 Å². The Morgan fingerprint density at radius 3 is 2.65 bits per heavy atom. The van der Waals surface area contributed by atoms with Gasteiger partial charge in [-0.3, -0.25) is 4.79 Å². The van der Waals surface area contributed by atoms with Gasteiger partial charge in [0.1, 0.15) is 11.6 Å². The van der Waals surface area contributed by atoms with Gasteiger partial charge in [-0.2, -0.15) is 5.26 Å². The summed E-state index contributed by atoms with van der Waals surface area (Å²) in [6.45, 7) is 1.50. The van der Waals surface area contributed by atoms with E-state index in [1.165, 1.54) is 37.3 Å². The molecular formula is C16H11Cl2FN2O2. The fraction of sp³-hybridized carbons (Fsp3) is 0.125. The molecule has 4 nitrogen and oxygen atoms in total. The van der Waals surface area contributed by atoms with Gasteiger partial charge in [0.2, 0.25) is 0 Å².